The molecule has 0 radical (unpaired) electrons. The summed E-state index contributed by atoms with van der Waals surface area (Å²) in [4.78, 5) is 9.10. The molecule has 0 saturated heterocycles. The van der Waals surface area contributed by atoms with Crippen molar-refractivity contribution in [2.24, 2.45) is 0 Å². The van der Waals surface area contributed by atoms with Crippen molar-refractivity contribution in [2.45, 2.75) is 71.8 Å². The standard InChI is InChI=1S/C17H29O4P/c1-8-14(21-22(19)20)11-9-12(16(2,3)4)15(18)13(10-11)17(5,6)7/h9-10,14,18,22H,8H2,1-7H3,(H,19,20). The first-order chi connectivity index (χ1) is 9.87. The average Bonchev–Trinajstić information content (AvgIpc) is 2.33. The van der Waals surface area contributed by atoms with Gasteiger partial charge in [-0.3, -0.25) is 4.57 Å². The van der Waals surface area contributed by atoms with Crippen molar-refractivity contribution < 1.29 is 19.1 Å². The fourth-order valence-electron chi connectivity index (χ4n) is 2.49. The molecule has 22 heavy (non-hydrogen) atoms. The smallest absolute Gasteiger partial charge is 0.317 e. The Morgan fingerprint density at radius 2 is 1.50 bits per heavy atom. The Morgan fingerprint density at radius 3 is 1.77 bits per heavy atom. The lowest BCUT2D eigenvalue weighted by molar-refractivity contribution is 0.187. The maximum atomic E-state index is 11.1. The van der Waals surface area contributed by atoms with Gasteiger partial charge in [0.25, 0.3) is 0 Å². The van der Waals surface area contributed by atoms with E-state index < -0.39 is 14.4 Å². The number of hydrogen-bond acceptors (Lipinski definition) is 3. The molecule has 2 atom stereocenters. The van der Waals surface area contributed by atoms with Crippen LogP contribution in [0.1, 0.15) is 77.7 Å². The second kappa shape index (κ2) is 6.74. The highest BCUT2D eigenvalue weighted by atomic mass is 31.1. The fraction of sp³-hybridized carbons (Fsp3) is 0.647. The van der Waals surface area contributed by atoms with E-state index in [0.717, 1.165) is 16.7 Å². The zero-order valence-corrected chi connectivity index (χ0v) is 15.7. The van der Waals surface area contributed by atoms with E-state index in [1.807, 2.05) is 60.6 Å². The van der Waals surface area contributed by atoms with E-state index in [9.17, 15) is 9.67 Å². The van der Waals surface area contributed by atoms with Gasteiger partial charge in [-0.2, -0.15) is 0 Å². The topological polar surface area (TPSA) is 66.8 Å². The molecule has 5 heteroatoms. The lowest BCUT2D eigenvalue weighted by Crippen LogP contribution is -2.18. The first kappa shape index (κ1) is 19.2. The number of rotatable bonds is 4. The summed E-state index contributed by atoms with van der Waals surface area (Å²) in [6.07, 6.45) is 0.147. The maximum absolute atomic E-state index is 11.1. The van der Waals surface area contributed by atoms with E-state index in [1.54, 1.807) is 0 Å². The SMILES string of the molecule is CCC(O[PH](=O)O)c1cc(C(C)(C)C)c(O)c(C(C)(C)C)c1. The van der Waals surface area contributed by atoms with Gasteiger partial charge < -0.3 is 14.5 Å². The number of phenolic OH excluding ortho intramolecular Hbond substituents is 1. The van der Waals surface area contributed by atoms with Crippen molar-refractivity contribution in [3.63, 3.8) is 0 Å². The van der Waals surface area contributed by atoms with Crippen LogP contribution in [-0.2, 0) is 19.9 Å². The van der Waals surface area contributed by atoms with E-state index in [-0.39, 0.29) is 10.8 Å². The van der Waals surface area contributed by atoms with E-state index in [1.165, 1.54) is 0 Å². The van der Waals surface area contributed by atoms with Gasteiger partial charge in [-0.05, 0) is 46.1 Å². The van der Waals surface area contributed by atoms with Crippen LogP contribution in [0.25, 0.3) is 0 Å². The lowest BCUT2D eigenvalue weighted by atomic mass is 9.78. The van der Waals surface area contributed by atoms with E-state index in [0.29, 0.717) is 12.2 Å². The van der Waals surface area contributed by atoms with Crippen LogP contribution >= 0.6 is 8.25 Å². The predicted octanol–water partition coefficient (Wildman–Crippen LogP) is 4.84. The van der Waals surface area contributed by atoms with Crippen LogP contribution in [0.4, 0.5) is 0 Å². The van der Waals surface area contributed by atoms with Crippen molar-refractivity contribution in [2.75, 3.05) is 0 Å². The normalized spacial score (nSPS) is 15.6. The molecule has 0 aromatic heterocycles. The van der Waals surface area contributed by atoms with Crippen molar-refractivity contribution >= 4 is 8.25 Å². The van der Waals surface area contributed by atoms with Crippen LogP contribution in [0, 0.1) is 0 Å². The van der Waals surface area contributed by atoms with Crippen LogP contribution in [0.3, 0.4) is 0 Å². The largest absolute Gasteiger partial charge is 0.507 e. The second-order valence-corrected chi connectivity index (χ2v) is 8.51. The lowest BCUT2D eigenvalue weighted by Gasteiger charge is -2.29. The third-order valence-corrected chi connectivity index (χ3v) is 4.22. The van der Waals surface area contributed by atoms with Crippen LogP contribution in [0.2, 0.25) is 0 Å². The molecule has 1 aromatic rings. The predicted molar refractivity (Wildman–Crippen MR) is 90.8 cm³/mol. The molecule has 0 bridgehead atoms. The number of benzene rings is 1. The molecule has 0 aliphatic rings. The minimum absolute atomic E-state index is 0.233. The monoisotopic (exact) mass is 328 g/mol. The van der Waals surface area contributed by atoms with Gasteiger partial charge in [-0.15, -0.1) is 0 Å². The van der Waals surface area contributed by atoms with E-state index >= 15 is 0 Å². The van der Waals surface area contributed by atoms with E-state index in [4.69, 9.17) is 9.42 Å². The molecule has 1 aromatic carbocycles. The fourth-order valence-corrected chi connectivity index (χ4v) is 3.04. The summed E-state index contributed by atoms with van der Waals surface area (Å²) in [5.74, 6) is 0.301. The zero-order chi connectivity index (χ0) is 17.3. The summed E-state index contributed by atoms with van der Waals surface area (Å²) in [5.41, 5.74) is 2.03. The van der Waals surface area contributed by atoms with Gasteiger partial charge in [0, 0.05) is 0 Å². The Morgan fingerprint density at radius 1 is 1.09 bits per heavy atom. The summed E-state index contributed by atoms with van der Waals surface area (Å²) < 4.78 is 16.3. The Labute approximate surface area is 134 Å². The molecular formula is C17H29O4P. The highest BCUT2D eigenvalue weighted by Gasteiger charge is 2.28. The summed E-state index contributed by atoms with van der Waals surface area (Å²) in [6, 6.07) is 3.78. The first-order valence-electron chi connectivity index (χ1n) is 7.65. The van der Waals surface area contributed by atoms with Gasteiger partial charge >= 0.3 is 8.25 Å². The molecular weight excluding hydrogens is 299 g/mol. The summed E-state index contributed by atoms with van der Waals surface area (Å²) in [7, 11) is -3.01. The molecule has 1 rings (SSSR count). The van der Waals surface area contributed by atoms with Gasteiger partial charge in [0.2, 0.25) is 0 Å². The molecule has 2 unspecified atom stereocenters. The zero-order valence-electron chi connectivity index (χ0n) is 14.7. The van der Waals surface area contributed by atoms with Crippen LogP contribution in [0.15, 0.2) is 12.1 Å². The van der Waals surface area contributed by atoms with Gasteiger partial charge in [0.1, 0.15) is 5.75 Å². The first-order valence-corrected chi connectivity index (χ1v) is 8.91. The van der Waals surface area contributed by atoms with Gasteiger partial charge in [0.15, 0.2) is 0 Å². The van der Waals surface area contributed by atoms with Crippen molar-refractivity contribution in [1.82, 2.24) is 0 Å². The summed E-state index contributed by atoms with van der Waals surface area (Å²) in [6.45, 7) is 14.1. The molecule has 0 heterocycles. The number of phenols is 1. The Kier molecular flexibility index (Phi) is 5.88. The van der Waals surface area contributed by atoms with Gasteiger partial charge in [-0.25, -0.2) is 0 Å². The van der Waals surface area contributed by atoms with Crippen LogP contribution in [0.5, 0.6) is 5.75 Å². The number of aromatic hydroxyl groups is 1. The highest BCUT2D eigenvalue weighted by Crippen LogP contribution is 2.42. The minimum atomic E-state index is -3.01. The van der Waals surface area contributed by atoms with E-state index in [2.05, 4.69) is 0 Å². The van der Waals surface area contributed by atoms with Crippen molar-refractivity contribution in [3.8, 4) is 5.75 Å². The Hall–Kier alpha value is -0.830. The molecule has 0 saturated carbocycles. The Balaban J connectivity index is 3.56. The maximum Gasteiger partial charge on any atom is 0.317 e. The molecule has 2 N–H and O–H groups in total. The van der Waals surface area contributed by atoms with Gasteiger partial charge in [-0.1, -0.05) is 48.5 Å². The number of hydrogen-bond donors (Lipinski definition) is 2. The van der Waals surface area contributed by atoms with Crippen molar-refractivity contribution in [3.05, 3.63) is 28.8 Å². The molecule has 126 valence electrons. The summed E-state index contributed by atoms with van der Waals surface area (Å²) in [5, 5.41) is 10.7. The average molecular weight is 328 g/mol. The molecule has 0 aliphatic heterocycles. The molecule has 0 spiro atoms. The van der Waals surface area contributed by atoms with Gasteiger partial charge in [0.05, 0.1) is 6.10 Å². The highest BCUT2D eigenvalue weighted by molar-refractivity contribution is 7.32. The van der Waals surface area contributed by atoms with Crippen LogP contribution < -0.4 is 0 Å². The third-order valence-electron chi connectivity index (χ3n) is 3.73. The Bertz CT molecular complexity index is 518. The third kappa shape index (κ3) is 4.58. The quantitative estimate of drug-likeness (QED) is 0.776. The summed E-state index contributed by atoms with van der Waals surface area (Å²) >= 11 is 0. The minimum Gasteiger partial charge on any atom is -0.507 e. The second-order valence-electron chi connectivity index (χ2n) is 7.75. The van der Waals surface area contributed by atoms with Crippen LogP contribution in [-0.4, -0.2) is 10.00 Å². The van der Waals surface area contributed by atoms with Crippen molar-refractivity contribution in [1.29, 1.82) is 0 Å². The molecule has 4 nitrogen and oxygen atoms in total. The molecule has 0 aliphatic carbocycles. The molecule has 0 amide bonds. The molecule has 0 fully saturated rings.